The SMILES string of the molecule is CCCCCCCCCC/C=C\CCCCCCCCCCCCCCCCCCCC(=O)OC(COC(=O)CCCCCCCCCCCCCCCCCCCCCCCCCCCCCCCC)COP(=O)(O)OCCN. The van der Waals surface area contributed by atoms with Crippen LogP contribution in [-0.4, -0.2) is 49.3 Å². The van der Waals surface area contributed by atoms with Crippen LogP contribution in [0.3, 0.4) is 0 Å². The van der Waals surface area contributed by atoms with E-state index in [2.05, 4.69) is 26.0 Å². The highest BCUT2D eigenvalue weighted by molar-refractivity contribution is 7.47. The van der Waals surface area contributed by atoms with Crippen molar-refractivity contribution in [3.05, 3.63) is 12.2 Å². The Kier molecular flexibility index (Phi) is 65.8. The summed E-state index contributed by atoms with van der Waals surface area (Å²) in [6, 6.07) is 0. The van der Waals surface area contributed by atoms with Crippen LogP contribution in [0.25, 0.3) is 0 Å². The number of carbonyl (C=O) groups is 2. The fraction of sp³-hybridized carbons (Fsp3) is 0.943. The van der Waals surface area contributed by atoms with Crippen LogP contribution >= 0.6 is 7.82 Å². The van der Waals surface area contributed by atoms with Gasteiger partial charge < -0.3 is 20.1 Å². The Hall–Kier alpha value is -1.25. The maximum absolute atomic E-state index is 12.8. The van der Waals surface area contributed by atoms with E-state index in [1.165, 1.54) is 327 Å². The highest BCUT2D eigenvalue weighted by Gasteiger charge is 2.26. The molecule has 0 amide bonds. The van der Waals surface area contributed by atoms with Crippen molar-refractivity contribution >= 4 is 19.8 Å². The number of phosphoric acid groups is 1. The molecule has 0 spiro atoms. The lowest BCUT2D eigenvalue weighted by molar-refractivity contribution is -0.161. The van der Waals surface area contributed by atoms with Crippen LogP contribution in [0.1, 0.15) is 393 Å². The largest absolute Gasteiger partial charge is 0.472 e. The molecular formula is C70H138NO8P. The summed E-state index contributed by atoms with van der Waals surface area (Å²) in [6.45, 7) is 3.84. The molecule has 0 aromatic carbocycles. The normalized spacial score (nSPS) is 12.9. The zero-order valence-corrected chi connectivity index (χ0v) is 54.5. The van der Waals surface area contributed by atoms with Crippen LogP contribution < -0.4 is 5.73 Å². The number of hydrogen-bond acceptors (Lipinski definition) is 8. The van der Waals surface area contributed by atoms with Crippen LogP contribution in [0.5, 0.6) is 0 Å². The Bertz CT molecular complexity index is 1320. The summed E-state index contributed by atoms with van der Waals surface area (Å²) in [6.07, 6.45) is 80.4. The second-order valence-corrected chi connectivity index (χ2v) is 25.9. The number of carbonyl (C=O) groups excluding carboxylic acids is 2. The molecule has 10 heteroatoms. The average molecular weight is 1150 g/mol. The summed E-state index contributed by atoms with van der Waals surface area (Å²) < 4.78 is 33.2. The Labute approximate surface area is 498 Å². The number of ether oxygens (including phenoxy) is 2. The smallest absolute Gasteiger partial charge is 0.462 e. The number of rotatable bonds is 69. The summed E-state index contributed by atoms with van der Waals surface area (Å²) >= 11 is 0. The van der Waals surface area contributed by atoms with Crippen molar-refractivity contribution in [1.29, 1.82) is 0 Å². The molecule has 0 fully saturated rings. The Balaban J connectivity index is 3.80. The van der Waals surface area contributed by atoms with Crippen LogP contribution in [-0.2, 0) is 32.7 Å². The molecule has 0 bridgehead atoms. The predicted octanol–water partition coefficient (Wildman–Crippen LogP) is 23.1. The quantitative estimate of drug-likeness (QED) is 0.0264. The van der Waals surface area contributed by atoms with Gasteiger partial charge in [0, 0.05) is 19.4 Å². The zero-order valence-electron chi connectivity index (χ0n) is 53.6. The summed E-state index contributed by atoms with van der Waals surface area (Å²) in [5.41, 5.74) is 5.40. The molecular weight excluding hydrogens is 1010 g/mol. The first-order valence-electron chi connectivity index (χ1n) is 35.7. The first-order valence-corrected chi connectivity index (χ1v) is 37.2. The molecule has 0 rings (SSSR count). The van der Waals surface area contributed by atoms with Gasteiger partial charge in [-0.3, -0.25) is 18.6 Å². The maximum atomic E-state index is 12.8. The third-order valence-electron chi connectivity index (χ3n) is 16.4. The van der Waals surface area contributed by atoms with Crippen LogP contribution in [0.2, 0.25) is 0 Å². The van der Waals surface area contributed by atoms with Crippen molar-refractivity contribution in [3.8, 4) is 0 Å². The lowest BCUT2D eigenvalue weighted by Crippen LogP contribution is -2.29. The highest BCUT2D eigenvalue weighted by Crippen LogP contribution is 2.43. The highest BCUT2D eigenvalue weighted by atomic mass is 31.2. The number of nitrogens with two attached hydrogens (primary N) is 1. The molecule has 0 aromatic heterocycles. The van der Waals surface area contributed by atoms with E-state index in [0.29, 0.717) is 6.42 Å². The minimum absolute atomic E-state index is 0.0577. The minimum atomic E-state index is -4.39. The van der Waals surface area contributed by atoms with Crippen molar-refractivity contribution < 1.29 is 37.6 Å². The van der Waals surface area contributed by atoms with Gasteiger partial charge in [-0.25, -0.2) is 4.57 Å². The summed E-state index contributed by atoms with van der Waals surface area (Å²) in [5, 5.41) is 0. The molecule has 0 aromatic rings. The second-order valence-electron chi connectivity index (χ2n) is 24.5. The van der Waals surface area contributed by atoms with Crippen molar-refractivity contribution in [1.82, 2.24) is 0 Å². The van der Waals surface area contributed by atoms with Crippen molar-refractivity contribution in [2.24, 2.45) is 5.73 Å². The average Bonchev–Trinajstić information content (AvgIpc) is 3.45. The van der Waals surface area contributed by atoms with Gasteiger partial charge in [0.25, 0.3) is 0 Å². The third kappa shape index (κ3) is 65.9. The molecule has 0 saturated heterocycles. The fourth-order valence-corrected chi connectivity index (χ4v) is 11.9. The van der Waals surface area contributed by atoms with Crippen LogP contribution in [0.15, 0.2) is 12.2 Å². The molecule has 9 nitrogen and oxygen atoms in total. The van der Waals surface area contributed by atoms with Gasteiger partial charge in [-0.05, 0) is 38.5 Å². The van der Waals surface area contributed by atoms with E-state index in [1.807, 2.05) is 0 Å². The van der Waals surface area contributed by atoms with Gasteiger partial charge in [0.2, 0.25) is 0 Å². The van der Waals surface area contributed by atoms with E-state index >= 15 is 0 Å². The molecule has 3 N–H and O–H groups in total. The monoisotopic (exact) mass is 1150 g/mol. The molecule has 0 saturated carbocycles. The number of allylic oxidation sites excluding steroid dienone is 2. The van der Waals surface area contributed by atoms with E-state index in [1.54, 1.807) is 0 Å². The van der Waals surface area contributed by atoms with Crippen molar-refractivity contribution in [2.75, 3.05) is 26.4 Å². The first kappa shape index (κ1) is 78.8. The van der Waals surface area contributed by atoms with Crippen molar-refractivity contribution in [2.45, 2.75) is 399 Å². The number of hydrogen-bond donors (Lipinski definition) is 2. The molecule has 0 radical (unpaired) electrons. The number of unbranched alkanes of at least 4 members (excludes halogenated alkanes) is 54. The molecule has 476 valence electrons. The first-order chi connectivity index (χ1) is 39.3. The number of phosphoric ester groups is 1. The molecule has 0 aliphatic rings. The standard InChI is InChI=1S/C70H138NO8P/c1-3-5-7-9-11-13-15-17-19-21-23-25-27-29-31-33-35-36-38-40-42-44-46-48-50-52-54-56-58-60-62-69(72)76-66-68(67-78-80(74,75)77-65-64-71)79-70(73)63-61-59-57-55-53-51-49-47-45-43-41-39-37-34-32-30-28-26-24-22-20-18-16-14-12-10-8-6-4-2/h22,24,68H,3-21,23,25-67,71H2,1-2H3,(H,74,75)/b24-22-. The summed E-state index contributed by atoms with van der Waals surface area (Å²) in [4.78, 5) is 35.4. The fourth-order valence-electron chi connectivity index (χ4n) is 11.1. The van der Waals surface area contributed by atoms with Gasteiger partial charge in [-0.1, -0.05) is 353 Å². The van der Waals surface area contributed by atoms with E-state index in [9.17, 15) is 19.0 Å². The molecule has 0 heterocycles. The molecule has 80 heavy (non-hydrogen) atoms. The molecule has 0 aliphatic heterocycles. The van der Waals surface area contributed by atoms with Crippen molar-refractivity contribution in [3.63, 3.8) is 0 Å². The Morgan fingerprint density at radius 2 is 0.613 bits per heavy atom. The Morgan fingerprint density at radius 1 is 0.362 bits per heavy atom. The molecule has 2 unspecified atom stereocenters. The van der Waals surface area contributed by atoms with Gasteiger partial charge in [0.15, 0.2) is 6.10 Å². The van der Waals surface area contributed by atoms with Crippen LogP contribution in [0.4, 0.5) is 0 Å². The number of esters is 2. The zero-order chi connectivity index (χ0) is 58.0. The Morgan fingerprint density at radius 3 is 0.887 bits per heavy atom. The van der Waals surface area contributed by atoms with Crippen LogP contribution in [0, 0.1) is 0 Å². The third-order valence-corrected chi connectivity index (χ3v) is 17.4. The summed E-state index contributed by atoms with van der Waals surface area (Å²) in [5.74, 6) is -0.800. The van der Waals surface area contributed by atoms with Gasteiger partial charge in [-0.15, -0.1) is 0 Å². The van der Waals surface area contributed by atoms with Gasteiger partial charge in [0.1, 0.15) is 6.61 Å². The topological polar surface area (TPSA) is 134 Å². The van der Waals surface area contributed by atoms with Gasteiger partial charge in [0.05, 0.1) is 13.2 Å². The van der Waals surface area contributed by atoms with Gasteiger partial charge in [-0.2, -0.15) is 0 Å². The summed E-state index contributed by atoms with van der Waals surface area (Å²) in [7, 11) is -4.39. The minimum Gasteiger partial charge on any atom is -0.462 e. The van der Waals surface area contributed by atoms with E-state index < -0.39 is 26.5 Å². The lowest BCUT2D eigenvalue weighted by atomic mass is 10.0. The van der Waals surface area contributed by atoms with E-state index in [4.69, 9.17) is 24.3 Å². The van der Waals surface area contributed by atoms with E-state index in [0.717, 1.165) is 32.1 Å². The molecule has 2 atom stereocenters. The molecule has 0 aliphatic carbocycles. The predicted molar refractivity (Wildman–Crippen MR) is 345 cm³/mol. The maximum Gasteiger partial charge on any atom is 0.472 e. The van der Waals surface area contributed by atoms with E-state index in [-0.39, 0.29) is 38.6 Å². The lowest BCUT2D eigenvalue weighted by Gasteiger charge is -2.19. The second kappa shape index (κ2) is 66.9. The van der Waals surface area contributed by atoms with Gasteiger partial charge >= 0.3 is 19.8 Å².